The van der Waals surface area contributed by atoms with Crippen LogP contribution in [-0.4, -0.2) is 18.2 Å². The summed E-state index contributed by atoms with van der Waals surface area (Å²) in [6.07, 6.45) is 0.595. The summed E-state index contributed by atoms with van der Waals surface area (Å²) in [7, 11) is -3.41. The molecule has 0 radical (unpaired) electrons. The van der Waals surface area contributed by atoms with Crippen molar-refractivity contribution < 1.29 is 21.6 Å². The van der Waals surface area contributed by atoms with Crippen LogP contribution in [0.5, 0.6) is 0 Å². The van der Waals surface area contributed by atoms with E-state index in [1.165, 1.54) is 12.1 Å². The van der Waals surface area contributed by atoms with Crippen LogP contribution >= 0.6 is 0 Å². The van der Waals surface area contributed by atoms with Gasteiger partial charge in [-0.1, -0.05) is 43.7 Å². The molecule has 1 N–H and O–H groups in total. The van der Waals surface area contributed by atoms with Crippen molar-refractivity contribution in [2.24, 2.45) is 0 Å². The van der Waals surface area contributed by atoms with Crippen molar-refractivity contribution in [3.63, 3.8) is 0 Å². The first-order chi connectivity index (χ1) is 15.5. The van der Waals surface area contributed by atoms with E-state index >= 15 is 0 Å². The van der Waals surface area contributed by atoms with Gasteiger partial charge in [0.15, 0.2) is 0 Å². The van der Waals surface area contributed by atoms with Gasteiger partial charge in [0.05, 0.1) is 10.8 Å². The number of rotatable bonds is 7. The molecule has 2 aromatic carbocycles. The molecule has 0 amide bonds. The number of nitrogens with one attached hydrogen (secondary N) is 1. The van der Waals surface area contributed by atoms with Gasteiger partial charge in [-0.2, -0.15) is 13.2 Å². The van der Waals surface area contributed by atoms with Crippen LogP contribution in [0.15, 0.2) is 48.7 Å². The lowest BCUT2D eigenvalue weighted by molar-refractivity contribution is -0.137. The van der Waals surface area contributed by atoms with Gasteiger partial charge in [-0.25, -0.2) is 13.1 Å². The van der Waals surface area contributed by atoms with E-state index in [0.29, 0.717) is 18.4 Å². The minimum Gasteiger partial charge on any atom is -0.344 e. The largest absolute Gasteiger partial charge is 0.417 e. The van der Waals surface area contributed by atoms with Crippen molar-refractivity contribution in [1.29, 1.82) is 0 Å². The van der Waals surface area contributed by atoms with Gasteiger partial charge in [0, 0.05) is 29.2 Å². The minimum atomic E-state index is -4.45. The standard InChI is InChI=1S/C25H29F3N2O2S/c1-4-16(2)30-15-22(17(3)29-33(31,32)19-8-7-9-19)21-13-12-18(14-24(21)30)20-10-5-6-11-23(20)25(26,27)28/h5-6,10-17,19,29H,4,7-9H2,1-3H3/t16?,17-/m1/s1. The van der Waals surface area contributed by atoms with Crippen LogP contribution in [0.25, 0.3) is 22.0 Å². The highest BCUT2D eigenvalue weighted by molar-refractivity contribution is 7.90. The van der Waals surface area contributed by atoms with Gasteiger partial charge in [0.2, 0.25) is 10.0 Å². The molecule has 2 atom stereocenters. The summed E-state index contributed by atoms with van der Waals surface area (Å²) in [5.74, 6) is 0. The number of hydrogen-bond acceptors (Lipinski definition) is 2. The normalized spacial score (nSPS) is 17.2. The number of alkyl halides is 3. The highest BCUT2D eigenvalue weighted by Crippen LogP contribution is 2.39. The van der Waals surface area contributed by atoms with Crippen molar-refractivity contribution in [2.45, 2.75) is 70.0 Å². The number of aromatic nitrogens is 1. The van der Waals surface area contributed by atoms with E-state index < -0.39 is 27.8 Å². The Kier molecular flexibility index (Phi) is 6.35. The molecule has 1 unspecified atom stereocenters. The Morgan fingerprint density at radius 1 is 1.12 bits per heavy atom. The number of hydrogen-bond donors (Lipinski definition) is 1. The second-order valence-corrected chi connectivity index (χ2v) is 11.0. The van der Waals surface area contributed by atoms with Crippen LogP contribution in [0, 0.1) is 0 Å². The SMILES string of the molecule is CCC(C)n1cc([C@@H](C)NS(=O)(=O)C2CCC2)c2ccc(-c3ccccc3C(F)(F)F)cc21. The molecule has 4 rings (SSSR count). The van der Waals surface area contributed by atoms with Crippen LogP contribution in [0.3, 0.4) is 0 Å². The van der Waals surface area contributed by atoms with Crippen molar-refractivity contribution >= 4 is 20.9 Å². The predicted octanol–water partition coefficient (Wildman–Crippen LogP) is 6.83. The van der Waals surface area contributed by atoms with Gasteiger partial charge in [-0.15, -0.1) is 0 Å². The maximum atomic E-state index is 13.6. The van der Waals surface area contributed by atoms with Crippen LogP contribution < -0.4 is 4.72 Å². The molecule has 1 saturated carbocycles. The first-order valence-electron chi connectivity index (χ1n) is 11.3. The second-order valence-electron chi connectivity index (χ2n) is 8.96. The molecule has 1 heterocycles. The minimum absolute atomic E-state index is 0.102. The number of benzene rings is 2. The van der Waals surface area contributed by atoms with Crippen LogP contribution in [0.4, 0.5) is 13.2 Å². The van der Waals surface area contributed by atoms with Gasteiger partial charge in [0.1, 0.15) is 0 Å². The zero-order valence-corrected chi connectivity index (χ0v) is 19.8. The Bertz CT molecular complexity index is 1260. The van der Waals surface area contributed by atoms with E-state index in [0.717, 1.165) is 35.4 Å². The third kappa shape index (κ3) is 4.55. The van der Waals surface area contributed by atoms with E-state index in [4.69, 9.17) is 0 Å². The first-order valence-corrected chi connectivity index (χ1v) is 12.9. The summed E-state index contributed by atoms with van der Waals surface area (Å²) in [5, 5.41) is 0.501. The summed E-state index contributed by atoms with van der Waals surface area (Å²) < 4.78 is 71.0. The summed E-state index contributed by atoms with van der Waals surface area (Å²) in [5.41, 5.74) is 1.55. The van der Waals surface area contributed by atoms with Crippen LogP contribution in [0.2, 0.25) is 0 Å². The molecule has 8 heteroatoms. The molecule has 0 saturated heterocycles. The quantitative estimate of drug-likeness (QED) is 0.405. The lowest BCUT2D eigenvalue weighted by Gasteiger charge is -2.27. The van der Waals surface area contributed by atoms with Gasteiger partial charge < -0.3 is 4.57 Å². The van der Waals surface area contributed by atoms with Crippen molar-refractivity contribution in [3.8, 4) is 11.1 Å². The molecule has 1 fully saturated rings. The summed E-state index contributed by atoms with van der Waals surface area (Å²) in [6.45, 7) is 5.91. The zero-order chi connectivity index (χ0) is 24.0. The Balaban J connectivity index is 1.81. The number of nitrogens with zero attached hydrogens (tertiary/aromatic N) is 1. The molecule has 0 spiro atoms. The number of halogens is 3. The molecular weight excluding hydrogens is 449 g/mol. The fourth-order valence-electron chi connectivity index (χ4n) is 4.42. The first kappa shape index (κ1) is 23.8. The smallest absolute Gasteiger partial charge is 0.344 e. The molecule has 33 heavy (non-hydrogen) atoms. The van der Waals surface area contributed by atoms with E-state index in [9.17, 15) is 21.6 Å². The molecular formula is C25H29F3N2O2S. The molecule has 178 valence electrons. The van der Waals surface area contributed by atoms with Gasteiger partial charge in [0.25, 0.3) is 0 Å². The van der Waals surface area contributed by atoms with E-state index in [2.05, 4.69) is 4.72 Å². The maximum absolute atomic E-state index is 13.6. The molecule has 1 aromatic heterocycles. The molecule has 0 bridgehead atoms. The Morgan fingerprint density at radius 3 is 2.42 bits per heavy atom. The third-order valence-corrected chi connectivity index (χ3v) is 8.80. The number of fused-ring (bicyclic) bond motifs is 1. The van der Waals surface area contributed by atoms with E-state index in [1.54, 1.807) is 24.3 Å². The highest BCUT2D eigenvalue weighted by Gasteiger charge is 2.34. The molecule has 1 aliphatic rings. The molecule has 0 aliphatic heterocycles. The summed E-state index contributed by atoms with van der Waals surface area (Å²) in [6, 6.07) is 10.5. The summed E-state index contributed by atoms with van der Waals surface area (Å²) >= 11 is 0. The van der Waals surface area contributed by atoms with Crippen molar-refractivity contribution in [3.05, 3.63) is 59.8 Å². The Hall–Kier alpha value is -2.32. The maximum Gasteiger partial charge on any atom is 0.417 e. The topological polar surface area (TPSA) is 51.1 Å². The summed E-state index contributed by atoms with van der Waals surface area (Å²) in [4.78, 5) is 0. The van der Waals surface area contributed by atoms with Crippen molar-refractivity contribution in [1.82, 2.24) is 9.29 Å². The monoisotopic (exact) mass is 478 g/mol. The van der Waals surface area contributed by atoms with E-state index in [1.807, 2.05) is 31.5 Å². The average Bonchev–Trinajstić information content (AvgIpc) is 3.09. The van der Waals surface area contributed by atoms with Gasteiger partial charge in [-0.3, -0.25) is 0 Å². The second kappa shape index (κ2) is 8.80. The van der Waals surface area contributed by atoms with Crippen LogP contribution in [-0.2, 0) is 16.2 Å². The van der Waals surface area contributed by atoms with Crippen molar-refractivity contribution in [2.75, 3.05) is 0 Å². The lowest BCUT2D eigenvalue weighted by atomic mass is 9.97. The fraction of sp³-hybridized carbons (Fsp3) is 0.440. The zero-order valence-electron chi connectivity index (χ0n) is 19.0. The molecule has 3 aromatic rings. The highest BCUT2D eigenvalue weighted by atomic mass is 32.2. The Morgan fingerprint density at radius 2 is 1.82 bits per heavy atom. The molecule has 1 aliphatic carbocycles. The Labute approximate surface area is 192 Å². The molecule has 4 nitrogen and oxygen atoms in total. The third-order valence-electron chi connectivity index (χ3n) is 6.77. The van der Waals surface area contributed by atoms with Crippen LogP contribution in [0.1, 0.15) is 69.7 Å². The van der Waals surface area contributed by atoms with Gasteiger partial charge in [-0.05, 0) is 61.9 Å². The van der Waals surface area contributed by atoms with Gasteiger partial charge >= 0.3 is 6.18 Å². The number of sulfonamides is 1. The lowest BCUT2D eigenvalue weighted by Crippen LogP contribution is -2.39. The predicted molar refractivity (Wildman–Crippen MR) is 125 cm³/mol. The van der Waals surface area contributed by atoms with E-state index in [-0.39, 0.29) is 16.9 Å². The fourth-order valence-corrected chi connectivity index (χ4v) is 6.19. The average molecular weight is 479 g/mol.